The predicted octanol–water partition coefficient (Wildman–Crippen LogP) is -1.43. The molecule has 0 aliphatic heterocycles. The van der Waals surface area contributed by atoms with Gasteiger partial charge < -0.3 is 22.6 Å². The van der Waals surface area contributed by atoms with E-state index in [0.717, 1.165) is 17.6 Å². The third-order valence-corrected chi connectivity index (χ3v) is 1.41. The van der Waals surface area contributed by atoms with E-state index in [9.17, 15) is 0 Å². The number of nitrogens with zero attached hydrogens (tertiary/aromatic N) is 1. The summed E-state index contributed by atoms with van der Waals surface area (Å²) in [7, 11) is 4.31. The maximum atomic E-state index is 4.91. The van der Waals surface area contributed by atoms with Crippen molar-refractivity contribution in [2.45, 2.75) is 0 Å². The number of hydrogen-bond acceptors (Lipinski definition) is 1. The van der Waals surface area contributed by atoms with Gasteiger partial charge in [-0.3, -0.25) is 0 Å². The van der Waals surface area contributed by atoms with Crippen LogP contribution >= 0.6 is 0 Å². The van der Waals surface area contributed by atoms with Gasteiger partial charge >= 0.3 is 0 Å². The summed E-state index contributed by atoms with van der Waals surface area (Å²) >= 11 is 0. The summed E-state index contributed by atoms with van der Waals surface area (Å²) in [6, 6.07) is 0. The summed E-state index contributed by atoms with van der Waals surface area (Å²) in [4.78, 5) is 0. The molecule has 0 aliphatic rings. The molecule has 14 heavy (non-hydrogen) atoms. The molecule has 2 nitrogen and oxygen atoms in total. The van der Waals surface area contributed by atoms with Gasteiger partial charge in [-0.1, -0.05) is 19.2 Å². The van der Waals surface area contributed by atoms with Crippen molar-refractivity contribution in [1.29, 1.82) is 0 Å². The number of nitrogens with two attached hydrogens (primary N) is 1. The fourth-order valence-electron chi connectivity index (χ4n) is 0.774. The van der Waals surface area contributed by atoms with Crippen LogP contribution in [0.2, 0.25) is 0 Å². The lowest BCUT2D eigenvalue weighted by atomic mass is 10.4. The van der Waals surface area contributed by atoms with E-state index in [1.54, 1.807) is 6.08 Å². The molecule has 0 rings (SSSR count). The van der Waals surface area contributed by atoms with Crippen molar-refractivity contribution >= 4 is 0 Å². The number of hydrogen-bond donors (Lipinski definition) is 1. The third kappa shape index (κ3) is 17.5. The Morgan fingerprint density at radius 3 is 1.43 bits per heavy atom. The molecule has 0 aromatic rings. The lowest BCUT2D eigenvalue weighted by Gasteiger charge is -2.26. The fourth-order valence-corrected chi connectivity index (χ4v) is 0.774. The van der Waals surface area contributed by atoms with Gasteiger partial charge in [0.15, 0.2) is 0 Å². The van der Waals surface area contributed by atoms with Crippen molar-refractivity contribution < 1.29 is 16.9 Å². The second-order valence-corrected chi connectivity index (χ2v) is 3.40. The van der Waals surface area contributed by atoms with Crippen molar-refractivity contribution in [3.63, 3.8) is 0 Å². The molecule has 0 fully saturated rings. The lowest BCUT2D eigenvalue weighted by Crippen LogP contribution is -3.00. The Labute approximate surface area is 94.8 Å². The van der Waals surface area contributed by atoms with Gasteiger partial charge in [-0.2, -0.15) is 0 Å². The number of likely N-dealkylation sites (N-methyl/N-ethyl adjacent to an activating group) is 1. The summed E-state index contributed by atoms with van der Waals surface area (Å²) in [6.45, 7) is 13.3. The first-order valence-electron chi connectivity index (χ1n) is 4.38. The van der Waals surface area contributed by atoms with Crippen LogP contribution in [0.15, 0.2) is 38.0 Å². The van der Waals surface area contributed by atoms with Crippen LogP contribution in [0.4, 0.5) is 0 Å². The highest BCUT2D eigenvalue weighted by atomic mass is 35.5. The van der Waals surface area contributed by atoms with Gasteiger partial charge in [0.2, 0.25) is 0 Å². The predicted molar refractivity (Wildman–Crippen MR) is 61.5 cm³/mol. The van der Waals surface area contributed by atoms with Crippen molar-refractivity contribution in [2.24, 2.45) is 5.73 Å². The van der Waals surface area contributed by atoms with E-state index in [4.69, 9.17) is 5.73 Å². The largest absolute Gasteiger partial charge is 1.00 e. The smallest absolute Gasteiger partial charge is 0.0969 e. The zero-order chi connectivity index (χ0) is 10.7. The van der Waals surface area contributed by atoms with Gasteiger partial charge in [0.05, 0.1) is 27.2 Å². The standard InChI is InChI=1S/C8H16N.C3H7N.ClH/c1-5-7-9(3,4)8-6-2;1-2-3-4;/h5-6H,1-2,7-8H2,3-4H3;2H,1,3-4H2;1H/q+1;;/p-1. The summed E-state index contributed by atoms with van der Waals surface area (Å²) in [5, 5.41) is 0. The highest BCUT2D eigenvalue weighted by Gasteiger charge is 2.07. The molecule has 0 atom stereocenters. The highest BCUT2D eigenvalue weighted by molar-refractivity contribution is 4.69. The van der Waals surface area contributed by atoms with Gasteiger partial charge in [-0.25, -0.2) is 0 Å². The van der Waals surface area contributed by atoms with E-state index in [0.29, 0.717) is 6.54 Å². The van der Waals surface area contributed by atoms with E-state index < -0.39 is 0 Å². The first kappa shape index (κ1) is 19.1. The normalized spacial score (nSPS) is 8.79. The minimum Gasteiger partial charge on any atom is -1.00 e. The van der Waals surface area contributed by atoms with Crippen LogP contribution < -0.4 is 18.1 Å². The van der Waals surface area contributed by atoms with Crippen LogP contribution in [0.5, 0.6) is 0 Å². The molecule has 0 radical (unpaired) electrons. The van der Waals surface area contributed by atoms with Crippen LogP contribution in [0.1, 0.15) is 0 Å². The zero-order valence-electron chi connectivity index (χ0n) is 9.38. The minimum atomic E-state index is 0. The third-order valence-electron chi connectivity index (χ3n) is 1.41. The molecule has 0 unspecified atom stereocenters. The second kappa shape index (κ2) is 12.4. The molecule has 3 heteroatoms. The van der Waals surface area contributed by atoms with E-state index in [-0.39, 0.29) is 12.4 Å². The zero-order valence-corrected chi connectivity index (χ0v) is 10.1. The average molecular weight is 219 g/mol. The molecule has 0 saturated carbocycles. The molecule has 0 aromatic heterocycles. The van der Waals surface area contributed by atoms with Crippen LogP contribution in [-0.2, 0) is 0 Å². The Morgan fingerprint density at radius 2 is 1.29 bits per heavy atom. The monoisotopic (exact) mass is 218 g/mol. The van der Waals surface area contributed by atoms with Crippen molar-refractivity contribution in [3.05, 3.63) is 38.0 Å². The molecule has 0 saturated heterocycles. The summed E-state index contributed by atoms with van der Waals surface area (Å²) in [5.74, 6) is 0. The molecular formula is C11H23ClN2. The number of halogens is 1. The van der Waals surface area contributed by atoms with Crippen molar-refractivity contribution in [1.82, 2.24) is 0 Å². The Morgan fingerprint density at radius 1 is 1.00 bits per heavy atom. The summed E-state index contributed by atoms with van der Waals surface area (Å²) in [5.41, 5.74) is 4.91. The van der Waals surface area contributed by atoms with Crippen LogP contribution in [-0.4, -0.2) is 38.2 Å². The van der Waals surface area contributed by atoms with E-state index in [1.807, 2.05) is 12.2 Å². The van der Waals surface area contributed by atoms with E-state index in [2.05, 4.69) is 33.8 Å². The first-order chi connectivity index (χ1) is 6.04. The molecule has 2 N–H and O–H groups in total. The molecule has 0 bridgehead atoms. The van der Waals surface area contributed by atoms with Crippen molar-refractivity contribution in [2.75, 3.05) is 33.7 Å². The van der Waals surface area contributed by atoms with Crippen molar-refractivity contribution in [3.8, 4) is 0 Å². The molecular weight excluding hydrogens is 196 g/mol. The Bertz CT molecular complexity index is 141. The van der Waals surface area contributed by atoms with Gasteiger partial charge in [-0.15, -0.1) is 6.58 Å². The molecule has 0 spiro atoms. The maximum Gasteiger partial charge on any atom is 0.0969 e. The maximum absolute atomic E-state index is 4.91. The average Bonchev–Trinajstić information content (AvgIpc) is 2.04. The molecule has 0 amide bonds. The van der Waals surface area contributed by atoms with E-state index >= 15 is 0 Å². The summed E-state index contributed by atoms with van der Waals surface area (Å²) in [6.07, 6.45) is 5.52. The highest BCUT2D eigenvalue weighted by Crippen LogP contribution is 1.95. The second-order valence-electron chi connectivity index (χ2n) is 3.40. The fraction of sp³-hybridized carbons (Fsp3) is 0.455. The Kier molecular flexibility index (Phi) is 16.9. The van der Waals surface area contributed by atoms with Crippen LogP contribution in [0, 0.1) is 0 Å². The van der Waals surface area contributed by atoms with Gasteiger partial charge in [-0.05, 0) is 12.2 Å². The number of quaternary nitrogens is 1. The molecule has 0 aromatic carbocycles. The Balaban J connectivity index is -0.000000209. The first-order valence-corrected chi connectivity index (χ1v) is 4.38. The number of rotatable bonds is 5. The van der Waals surface area contributed by atoms with Crippen LogP contribution in [0.3, 0.4) is 0 Å². The summed E-state index contributed by atoms with van der Waals surface area (Å²) < 4.78 is 0.951. The molecule has 84 valence electrons. The topological polar surface area (TPSA) is 26.0 Å². The molecule has 0 heterocycles. The lowest BCUT2D eigenvalue weighted by molar-refractivity contribution is -0.878. The minimum absolute atomic E-state index is 0. The SMILES string of the molecule is C=CCN.C=CC[N+](C)(C)CC=C.[Cl-]. The van der Waals surface area contributed by atoms with Gasteiger partial charge in [0.25, 0.3) is 0 Å². The molecule has 0 aliphatic carbocycles. The van der Waals surface area contributed by atoms with Gasteiger partial charge in [0, 0.05) is 6.54 Å². The Hall–Kier alpha value is -0.570. The quantitative estimate of drug-likeness (QED) is 0.445. The van der Waals surface area contributed by atoms with Gasteiger partial charge in [0.1, 0.15) is 0 Å². The van der Waals surface area contributed by atoms with E-state index in [1.165, 1.54) is 0 Å². The van der Waals surface area contributed by atoms with Crippen LogP contribution in [0.25, 0.3) is 0 Å².